The fourth-order valence-corrected chi connectivity index (χ4v) is 4.99. The third-order valence-electron chi connectivity index (χ3n) is 6.00. The second kappa shape index (κ2) is 6.72. The number of hydrogen-bond acceptors (Lipinski definition) is 2. The number of benzene rings is 2. The van der Waals surface area contributed by atoms with Crippen molar-refractivity contribution in [1.82, 2.24) is 0 Å². The zero-order valence-electron chi connectivity index (χ0n) is 16.4. The number of aryl methyl sites for hydroxylation is 2. The normalized spacial score (nSPS) is 24.3. The van der Waals surface area contributed by atoms with Crippen LogP contribution in [0.15, 0.2) is 42.5 Å². The Bertz CT molecular complexity index is 1010. The first-order chi connectivity index (χ1) is 13.4. The first-order valence-electron chi connectivity index (χ1n) is 9.61. The predicted octanol–water partition coefficient (Wildman–Crippen LogP) is 5.55. The molecule has 4 rings (SSSR count). The zero-order chi connectivity index (χ0) is 20.1. The van der Waals surface area contributed by atoms with E-state index >= 15 is 0 Å². The minimum atomic E-state index is -0.613. The van der Waals surface area contributed by atoms with Crippen molar-refractivity contribution in [3.8, 4) is 0 Å². The molecule has 0 N–H and O–H groups in total. The number of rotatable bonds is 2. The van der Waals surface area contributed by atoms with Gasteiger partial charge in [-0.05, 0) is 81.1 Å². The molecule has 2 unspecified atom stereocenters. The topological polar surface area (TPSA) is 27.9 Å². The highest BCUT2D eigenvalue weighted by Gasteiger charge is 2.58. The lowest BCUT2D eigenvalue weighted by Gasteiger charge is -2.33. The van der Waals surface area contributed by atoms with Crippen LogP contribution in [0.4, 0.5) is 17.1 Å². The van der Waals surface area contributed by atoms with Gasteiger partial charge in [0.25, 0.3) is 5.91 Å². The molecule has 2 atom stereocenters. The smallest absolute Gasteiger partial charge is 0.259 e. The van der Waals surface area contributed by atoms with E-state index in [1.165, 1.54) is 5.56 Å². The van der Waals surface area contributed by atoms with Gasteiger partial charge in [0.05, 0.1) is 6.57 Å². The predicted molar refractivity (Wildman–Crippen MR) is 117 cm³/mol. The van der Waals surface area contributed by atoms with Gasteiger partial charge in [0, 0.05) is 11.4 Å². The molecule has 1 aliphatic heterocycles. The Morgan fingerprint density at radius 3 is 2.39 bits per heavy atom. The molecule has 0 bridgehead atoms. The van der Waals surface area contributed by atoms with Crippen molar-refractivity contribution in [3.05, 3.63) is 65.0 Å². The van der Waals surface area contributed by atoms with Crippen LogP contribution < -0.4 is 9.80 Å². The number of thiocarbonyl (C=S) groups is 1. The Kier molecular flexibility index (Phi) is 4.47. The van der Waals surface area contributed by atoms with Gasteiger partial charge in [0.1, 0.15) is 5.54 Å². The molecule has 1 heterocycles. The molecule has 0 aromatic heterocycles. The second-order valence-corrected chi connectivity index (χ2v) is 8.42. The minimum absolute atomic E-state index is 0.0531. The standard InChI is InChI=1S/C23H23N3OS/c1-15-5-7-18(8-6-15)26-22(28)25(19-9-10-20(24-4)17(3)13-19)21(27)23(26)12-11-16(2)14-23/h5-10,13,16H,11-12,14H2,1-3H3. The van der Waals surface area contributed by atoms with E-state index in [1.54, 1.807) is 11.0 Å². The quantitative estimate of drug-likeness (QED) is 0.498. The van der Waals surface area contributed by atoms with Crippen LogP contribution in [0, 0.1) is 26.3 Å². The summed E-state index contributed by atoms with van der Waals surface area (Å²) >= 11 is 5.86. The Morgan fingerprint density at radius 2 is 1.82 bits per heavy atom. The van der Waals surface area contributed by atoms with Gasteiger partial charge in [-0.2, -0.15) is 0 Å². The van der Waals surface area contributed by atoms with Gasteiger partial charge < -0.3 is 4.90 Å². The number of carbonyl (C=O) groups is 1. The van der Waals surface area contributed by atoms with Crippen molar-refractivity contribution in [2.45, 2.75) is 45.6 Å². The number of carbonyl (C=O) groups excluding carboxylic acids is 1. The van der Waals surface area contributed by atoms with Crippen LogP contribution in [0.2, 0.25) is 0 Å². The van der Waals surface area contributed by atoms with E-state index in [1.807, 2.05) is 19.1 Å². The maximum atomic E-state index is 13.7. The van der Waals surface area contributed by atoms with Crippen LogP contribution in [-0.2, 0) is 4.79 Å². The molecule has 5 heteroatoms. The summed E-state index contributed by atoms with van der Waals surface area (Å²) in [7, 11) is 0. The third-order valence-corrected chi connectivity index (χ3v) is 6.37. The van der Waals surface area contributed by atoms with Gasteiger partial charge in [-0.3, -0.25) is 9.69 Å². The average Bonchev–Trinajstić information content (AvgIpc) is 3.15. The van der Waals surface area contributed by atoms with Gasteiger partial charge in [-0.1, -0.05) is 30.7 Å². The van der Waals surface area contributed by atoms with Crippen LogP contribution in [0.3, 0.4) is 0 Å². The monoisotopic (exact) mass is 389 g/mol. The maximum Gasteiger partial charge on any atom is 0.259 e. The molecule has 1 amide bonds. The Labute approximate surface area is 171 Å². The van der Waals surface area contributed by atoms with E-state index in [0.717, 1.165) is 36.2 Å². The van der Waals surface area contributed by atoms with E-state index in [0.29, 0.717) is 16.7 Å². The van der Waals surface area contributed by atoms with Gasteiger partial charge >= 0.3 is 0 Å². The van der Waals surface area contributed by atoms with Gasteiger partial charge in [-0.15, -0.1) is 0 Å². The molecule has 1 aliphatic carbocycles. The fraction of sp³-hybridized carbons (Fsp3) is 0.348. The molecule has 1 saturated heterocycles. The van der Waals surface area contributed by atoms with Gasteiger partial charge in [0.15, 0.2) is 10.8 Å². The van der Waals surface area contributed by atoms with E-state index in [2.05, 4.69) is 47.9 Å². The SMILES string of the molecule is [C-]#[N+]c1ccc(N2C(=O)C3(CCC(C)C3)N(c3ccc(C)cc3)C2=S)cc1C. The maximum absolute atomic E-state index is 13.7. The highest BCUT2D eigenvalue weighted by Crippen LogP contribution is 2.48. The van der Waals surface area contributed by atoms with E-state index in [4.69, 9.17) is 18.8 Å². The zero-order valence-corrected chi connectivity index (χ0v) is 17.2. The summed E-state index contributed by atoms with van der Waals surface area (Å²) < 4.78 is 0. The lowest BCUT2D eigenvalue weighted by atomic mass is 9.93. The summed E-state index contributed by atoms with van der Waals surface area (Å²) in [5.74, 6) is 0.531. The summed E-state index contributed by atoms with van der Waals surface area (Å²) in [5, 5.41) is 0.526. The third kappa shape index (κ3) is 2.71. The van der Waals surface area contributed by atoms with Crippen molar-refractivity contribution >= 4 is 40.3 Å². The first kappa shape index (κ1) is 18.6. The molecule has 2 aromatic rings. The highest BCUT2D eigenvalue weighted by molar-refractivity contribution is 7.81. The van der Waals surface area contributed by atoms with Gasteiger partial charge in [0.2, 0.25) is 0 Å². The molecule has 2 fully saturated rings. The average molecular weight is 390 g/mol. The summed E-state index contributed by atoms with van der Waals surface area (Å²) in [4.78, 5) is 21.0. The van der Waals surface area contributed by atoms with Crippen molar-refractivity contribution in [2.75, 3.05) is 9.80 Å². The molecular formula is C23H23N3OS. The number of nitrogens with zero attached hydrogens (tertiary/aromatic N) is 3. The molecule has 2 aliphatic rings. The highest BCUT2D eigenvalue weighted by atomic mass is 32.1. The van der Waals surface area contributed by atoms with Crippen LogP contribution in [0.5, 0.6) is 0 Å². The first-order valence-corrected chi connectivity index (χ1v) is 10.0. The summed E-state index contributed by atoms with van der Waals surface area (Å²) in [6.07, 6.45) is 2.62. The largest absolute Gasteiger partial charge is 0.303 e. The van der Waals surface area contributed by atoms with E-state index in [-0.39, 0.29) is 5.91 Å². The van der Waals surface area contributed by atoms with E-state index in [9.17, 15) is 4.79 Å². The van der Waals surface area contributed by atoms with Crippen molar-refractivity contribution in [2.24, 2.45) is 5.92 Å². The summed E-state index contributed by atoms with van der Waals surface area (Å²) in [5.41, 5.74) is 3.73. The molecule has 0 radical (unpaired) electrons. The molecule has 1 spiro atoms. The molecular weight excluding hydrogens is 366 g/mol. The molecule has 4 nitrogen and oxygen atoms in total. The van der Waals surface area contributed by atoms with Crippen molar-refractivity contribution < 1.29 is 4.79 Å². The van der Waals surface area contributed by atoms with Crippen molar-refractivity contribution in [1.29, 1.82) is 0 Å². The fourth-order valence-electron chi connectivity index (χ4n) is 4.52. The number of hydrogen-bond donors (Lipinski definition) is 0. The molecule has 1 saturated carbocycles. The number of amides is 1. The molecule has 142 valence electrons. The summed E-state index contributed by atoms with van der Waals surface area (Å²) in [6, 6.07) is 13.7. The Morgan fingerprint density at radius 1 is 1.14 bits per heavy atom. The van der Waals surface area contributed by atoms with Crippen LogP contribution in [0.1, 0.15) is 37.3 Å². The Hall–Kier alpha value is -2.71. The lowest BCUT2D eigenvalue weighted by Crippen LogP contribution is -2.48. The van der Waals surface area contributed by atoms with Crippen LogP contribution >= 0.6 is 12.2 Å². The second-order valence-electron chi connectivity index (χ2n) is 8.06. The number of anilines is 2. The molecule has 28 heavy (non-hydrogen) atoms. The lowest BCUT2D eigenvalue weighted by molar-refractivity contribution is -0.121. The molecule has 2 aromatic carbocycles. The minimum Gasteiger partial charge on any atom is -0.303 e. The van der Waals surface area contributed by atoms with Gasteiger partial charge in [-0.25, -0.2) is 4.85 Å². The van der Waals surface area contributed by atoms with Crippen molar-refractivity contribution in [3.63, 3.8) is 0 Å². The Balaban J connectivity index is 1.83. The van der Waals surface area contributed by atoms with Crippen LogP contribution in [0.25, 0.3) is 4.85 Å². The summed E-state index contributed by atoms with van der Waals surface area (Å²) in [6.45, 7) is 13.4. The van der Waals surface area contributed by atoms with E-state index < -0.39 is 5.54 Å². The van der Waals surface area contributed by atoms with Crippen LogP contribution in [-0.4, -0.2) is 16.6 Å².